The minimum atomic E-state index is -2.12. The van der Waals surface area contributed by atoms with E-state index in [4.69, 9.17) is 37.9 Å². The zero-order valence-corrected chi connectivity index (χ0v) is 47.7. The Labute approximate surface area is 466 Å². The summed E-state index contributed by atoms with van der Waals surface area (Å²) in [7, 11) is 0. The van der Waals surface area contributed by atoms with Gasteiger partial charge < -0.3 is 99.2 Å². The van der Waals surface area contributed by atoms with Crippen molar-refractivity contribution in [1.29, 1.82) is 0 Å². The third-order valence-corrected chi connectivity index (χ3v) is 21.4. The topological polar surface area (TPSA) is 368 Å². The molecule has 0 aromatic carbocycles. The molecule has 3 aliphatic heterocycles. The largest absolute Gasteiger partial charge is 0.479 e. The Hall–Kier alpha value is -3.05. The van der Waals surface area contributed by atoms with Crippen molar-refractivity contribution in [2.24, 2.45) is 56.2 Å². The second kappa shape index (κ2) is 22.7. The summed E-state index contributed by atoms with van der Waals surface area (Å²) < 4.78 is 49.0. The van der Waals surface area contributed by atoms with E-state index in [1.54, 1.807) is 39.8 Å². The van der Waals surface area contributed by atoms with Gasteiger partial charge in [0, 0.05) is 22.0 Å². The van der Waals surface area contributed by atoms with E-state index in [0.717, 1.165) is 5.57 Å². The number of carbonyl (C=O) groups excluding carboxylic acids is 2. The zero-order chi connectivity index (χ0) is 59.3. The van der Waals surface area contributed by atoms with Crippen LogP contribution in [-0.2, 0) is 52.3 Å². The number of ether oxygens (including phenoxy) is 8. The van der Waals surface area contributed by atoms with Gasteiger partial charge in [-0.05, 0) is 100 Å². The highest BCUT2D eigenvalue weighted by Crippen LogP contribution is 2.76. The first kappa shape index (κ1) is 63.0. The molecule has 454 valence electrons. The highest BCUT2D eigenvalue weighted by molar-refractivity contribution is 5.89. The Morgan fingerprint density at radius 3 is 1.84 bits per heavy atom. The molecule has 5 aliphatic carbocycles. The monoisotopic (exact) mass is 1140 g/mol. The molecule has 0 radical (unpaired) electrons. The van der Waals surface area contributed by atoms with E-state index in [-0.39, 0.29) is 23.8 Å². The van der Waals surface area contributed by atoms with Crippen LogP contribution in [0, 0.1) is 56.2 Å². The van der Waals surface area contributed by atoms with Crippen molar-refractivity contribution in [3.63, 3.8) is 0 Å². The van der Waals surface area contributed by atoms with Crippen LogP contribution in [0.5, 0.6) is 0 Å². The van der Waals surface area contributed by atoms with Gasteiger partial charge in [0.05, 0.1) is 55.6 Å². The molecule has 0 spiro atoms. The second-order valence-electron chi connectivity index (χ2n) is 26.0. The molecule has 0 aromatic rings. The maximum Gasteiger partial charge on any atom is 0.335 e. The van der Waals surface area contributed by atoms with Gasteiger partial charge in [-0.1, -0.05) is 72.3 Å². The summed E-state index contributed by atoms with van der Waals surface area (Å²) in [6, 6.07) is 0. The first-order valence-corrected chi connectivity index (χ1v) is 28.1. The Bertz CT molecular complexity index is 2390. The van der Waals surface area contributed by atoms with Crippen LogP contribution in [0.2, 0.25) is 0 Å². The molecule has 3 heterocycles. The smallest absolute Gasteiger partial charge is 0.335 e. The van der Waals surface area contributed by atoms with Gasteiger partial charge >= 0.3 is 17.9 Å². The molecule has 7 fully saturated rings. The molecule has 80 heavy (non-hydrogen) atoms. The van der Waals surface area contributed by atoms with Crippen LogP contribution < -0.4 is 0 Å². The predicted molar refractivity (Wildman–Crippen MR) is 276 cm³/mol. The van der Waals surface area contributed by atoms with Crippen LogP contribution in [0.25, 0.3) is 0 Å². The van der Waals surface area contributed by atoms with Crippen LogP contribution in [0.3, 0.4) is 0 Å². The fraction of sp³-hybridized carbons (Fsp3) is 0.842. The molecule has 0 bridgehead atoms. The van der Waals surface area contributed by atoms with Crippen LogP contribution >= 0.6 is 0 Å². The number of allylic oxidation sites excluding steroid dienone is 3. The molecule has 0 amide bonds. The number of fused-ring (bicyclic) bond motifs is 7. The Kier molecular flexibility index (Phi) is 17.9. The molecule has 8 aliphatic rings. The number of hydrogen-bond donors (Lipinski definition) is 12. The van der Waals surface area contributed by atoms with Gasteiger partial charge in [0.2, 0.25) is 0 Å². The molecule has 26 atom stereocenters. The Morgan fingerprint density at radius 1 is 0.662 bits per heavy atom. The Balaban J connectivity index is 1.14. The highest BCUT2D eigenvalue weighted by atomic mass is 16.8. The second-order valence-corrected chi connectivity index (χ2v) is 26.0. The standard InChI is InChI=1S/C57H88O23/c1-12-24(3)46(70)78-43-44(79-47(71)25(4)13-2)57(23-60)28(20-52(43,5)6)27-14-15-31-54(9)18-17-32(53(7,8)30(54)16-19-55(31,10)56(27,11)41(66)42(57)67)74-51-40(77-49-26(21-58)33(61)35(63)48(72)80-49)38(37(65)39(76-51)45(68)69)75-50-36(64)34(62)29(22-59)73-50/h12-14,26,28-44,48-51,58-67,72H,15-23H2,1-11H3,(H,68,69)/b24-12+,25-13-/t26-,28?,29+,30?,31?,32+,33+,34+,35+,36-,37+,38+,39+,40-,41+,42-,43+,44+,48+,49-,50-,51-,54+,55-,56+,57+/m1/s1. The first-order chi connectivity index (χ1) is 37.3. The van der Waals surface area contributed by atoms with Crippen LogP contribution in [-0.4, -0.2) is 210 Å². The molecule has 12 N–H and O–H groups in total. The first-order valence-electron chi connectivity index (χ1n) is 28.1. The van der Waals surface area contributed by atoms with Crippen molar-refractivity contribution in [2.45, 2.75) is 225 Å². The quantitative estimate of drug-likeness (QED) is 0.0487. The van der Waals surface area contributed by atoms with Gasteiger partial charge in [-0.15, -0.1) is 0 Å². The van der Waals surface area contributed by atoms with Crippen LogP contribution in [0.15, 0.2) is 34.9 Å². The summed E-state index contributed by atoms with van der Waals surface area (Å²) >= 11 is 0. The molecule has 23 heteroatoms. The highest BCUT2D eigenvalue weighted by Gasteiger charge is 2.76. The summed E-state index contributed by atoms with van der Waals surface area (Å²) in [5.74, 6) is -5.45. The fourth-order valence-corrected chi connectivity index (χ4v) is 16.3. The lowest BCUT2D eigenvalue weighted by Crippen LogP contribution is -2.76. The van der Waals surface area contributed by atoms with E-state index >= 15 is 0 Å². The van der Waals surface area contributed by atoms with E-state index in [1.807, 2.05) is 34.6 Å². The summed E-state index contributed by atoms with van der Waals surface area (Å²) in [5, 5.41) is 134. The molecule has 4 saturated carbocycles. The van der Waals surface area contributed by atoms with E-state index in [2.05, 4.69) is 19.9 Å². The number of aliphatic hydroxyl groups excluding tert-OH is 11. The van der Waals surface area contributed by atoms with Gasteiger partial charge in [0.15, 0.2) is 37.4 Å². The number of esters is 2. The number of hydrogen-bond acceptors (Lipinski definition) is 22. The number of carbonyl (C=O) groups is 3. The maximum absolute atomic E-state index is 13.9. The SMILES string of the molecule is C/C=C(/C)C(=O)O[C@H]1[C@H](OC(=O)/C(C)=C/C)C(C)(C)CC2C3=CCC4[C@@]5(C)CC[C@H](O[C@@H]6O[C@H](C(=O)O)[C@@H](O)[C@H](O[C@H]7O[C@@H](CO)[C@H](O)[C@H]7O)[C@H]6O[C@@H]6O[C@H](O)[C@@H](O)[C@@H](O)[C@H]6CO)C(C)(C)C5CC[C@@]4(C)[C@]3(C)[C@@H](O)[C@@H](O)[C@]21CO. The summed E-state index contributed by atoms with van der Waals surface area (Å²) in [4.78, 5) is 40.3. The normalized spacial score (nSPS) is 49.0. The van der Waals surface area contributed by atoms with E-state index < -0.39 is 193 Å². The summed E-state index contributed by atoms with van der Waals surface area (Å²) in [5.41, 5.74) is -4.40. The molecule has 3 unspecified atom stereocenters. The van der Waals surface area contributed by atoms with Crippen LogP contribution in [0.1, 0.15) is 115 Å². The average Bonchev–Trinajstić information content (AvgIpc) is 3.74. The molecule has 0 aromatic heterocycles. The Morgan fingerprint density at radius 2 is 1.27 bits per heavy atom. The molecule has 8 rings (SSSR count). The van der Waals surface area contributed by atoms with Crippen molar-refractivity contribution in [3.05, 3.63) is 34.9 Å². The fourth-order valence-electron chi connectivity index (χ4n) is 16.3. The molecular formula is C57H88O23. The van der Waals surface area contributed by atoms with E-state index in [9.17, 15) is 75.7 Å². The van der Waals surface area contributed by atoms with Crippen molar-refractivity contribution in [2.75, 3.05) is 19.8 Å². The lowest BCUT2D eigenvalue weighted by Gasteiger charge is -2.73. The van der Waals surface area contributed by atoms with Crippen molar-refractivity contribution >= 4 is 17.9 Å². The van der Waals surface area contributed by atoms with Crippen molar-refractivity contribution in [3.8, 4) is 0 Å². The van der Waals surface area contributed by atoms with Gasteiger partial charge in [-0.3, -0.25) is 0 Å². The van der Waals surface area contributed by atoms with Gasteiger partial charge in [0.25, 0.3) is 0 Å². The summed E-state index contributed by atoms with van der Waals surface area (Å²) in [6.07, 6.45) is -22.3. The maximum atomic E-state index is 13.9. The number of carboxylic acids is 1. The predicted octanol–water partition coefficient (Wildman–Crippen LogP) is 0.468. The lowest BCUT2D eigenvalue weighted by molar-refractivity contribution is -0.395. The zero-order valence-electron chi connectivity index (χ0n) is 47.7. The third-order valence-electron chi connectivity index (χ3n) is 21.4. The minimum absolute atomic E-state index is 0.152. The van der Waals surface area contributed by atoms with E-state index in [1.165, 1.54) is 0 Å². The van der Waals surface area contributed by atoms with Crippen LogP contribution in [0.4, 0.5) is 0 Å². The minimum Gasteiger partial charge on any atom is -0.479 e. The summed E-state index contributed by atoms with van der Waals surface area (Å²) in [6.45, 7) is 18.4. The number of aliphatic carboxylic acids is 1. The lowest BCUT2D eigenvalue weighted by atomic mass is 9.32. The molecular weight excluding hydrogens is 1050 g/mol. The third kappa shape index (κ3) is 9.76. The van der Waals surface area contributed by atoms with Gasteiger partial charge in [0.1, 0.15) is 48.8 Å². The molecule has 23 nitrogen and oxygen atoms in total. The van der Waals surface area contributed by atoms with Crippen molar-refractivity contribution < 1.29 is 114 Å². The van der Waals surface area contributed by atoms with Gasteiger partial charge in [-0.2, -0.15) is 0 Å². The van der Waals surface area contributed by atoms with Gasteiger partial charge in [-0.25, -0.2) is 14.4 Å². The number of carboxylic acid groups (broad SMARTS) is 1. The van der Waals surface area contributed by atoms with Crippen molar-refractivity contribution in [1.82, 2.24) is 0 Å². The van der Waals surface area contributed by atoms with E-state index in [0.29, 0.717) is 37.7 Å². The number of aliphatic hydroxyl groups is 11. The number of rotatable bonds is 14. The average molecular weight is 1140 g/mol. The molecule has 3 saturated heterocycles.